The highest BCUT2D eigenvalue weighted by Crippen LogP contribution is 2.39. The minimum absolute atomic E-state index is 0.568. The fraction of sp³-hybridized carbons (Fsp3) is 0.0833. The summed E-state index contributed by atoms with van der Waals surface area (Å²) in [5, 5.41) is 4.55. The van der Waals surface area contributed by atoms with Gasteiger partial charge in [-0.1, -0.05) is 55.8 Å². The number of hydrogen-bond acceptors (Lipinski definition) is 6. The minimum atomic E-state index is 0.568. The maximum absolute atomic E-state index is 6.70. The Morgan fingerprint density at radius 1 is 0.446 bits per heavy atom. The van der Waals surface area contributed by atoms with E-state index >= 15 is 0 Å². The zero-order chi connectivity index (χ0) is 37.4. The van der Waals surface area contributed by atoms with Crippen LogP contribution in [0, 0.1) is 0 Å². The molecule has 56 heavy (non-hydrogen) atoms. The maximum Gasteiger partial charge on any atom is 0.159 e. The van der Waals surface area contributed by atoms with E-state index in [1.165, 1.54) is 5.56 Å². The van der Waals surface area contributed by atoms with Crippen molar-refractivity contribution in [2.45, 2.75) is 26.2 Å². The van der Waals surface area contributed by atoms with Gasteiger partial charge in [-0.2, -0.15) is 0 Å². The van der Waals surface area contributed by atoms with Crippen LogP contribution in [0.5, 0.6) is 23.0 Å². The quantitative estimate of drug-likeness (QED) is 0.139. The second kappa shape index (κ2) is 14.2. The van der Waals surface area contributed by atoms with E-state index in [1.54, 1.807) is 18.5 Å². The molecular formula is C48H36N6O2. The van der Waals surface area contributed by atoms with E-state index in [-0.39, 0.29) is 0 Å². The van der Waals surface area contributed by atoms with Crippen LogP contribution in [0.25, 0.3) is 66.6 Å². The topological polar surface area (TPSA) is 79.9 Å². The monoisotopic (exact) mass is 728 g/mol. The van der Waals surface area contributed by atoms with Crippen LogP contribution in [0.1, 0.15) is 25.3 Å². The number of pyridine rings is 2. The van der Waals surface area contributed by atoms with Crippen LogP contribution >= 0.6 is 0 Å². The molecule has 0 N–H and O–H groups in total. The highest BCUT2D eigenvalue weighted by atomic mass is 16.5. The molecule has 8 nitrogen and oxygen atoms in total. The van der Waals surface area contributed by atoms with Crippen LogP contribution in [-0.4, -0.2) is 29.1 Å². The van der Waals surface area contributed by atoms with Gasteiger partial charge in [-0.3, -0.25) is 9.13 Å². The Balaban J connectivity index is 1.06. The van der Waals surface area contributed by atoms with Gasteiger partial charge in [-0.05, 0) is 97.3 Å². The molecule has 0 unspecified atom stereocenters. The Morgan fingerprint density at radius 3 is 1.64 bits per heavy atom. The molecule has 0 saturated carbocycles. The number of benzene rings is 5. The Morgan fingerprint density at radius 2 is 1.02 bits per heavy atom. The number of aromatic nitrogens is 6. The largest absolute Gasteiger partial charge is 0.457 e. The summed E-state index contributed by atoms with van der Waals surface area (Å²) in [6.07, 6.45) is 10.5. The van der Waals surface area contributed by atoms with E-state index in [4.69, 9.17) is 14.5 Å². The van der Waals surface area contributed by atoms with Gasteiger partial charge in [0.1, 0.15) is 34.6 Å². The van der Waals surface area contributed by atoms with Gasteiger partial charge in [-0.15, -0.1) is 0 Å². The first kappa shape index (κ1) is 33.3. The molecule has 0 aliphatic carbocycles. The predicted molar refractivity (Wildman–Crippen MR) is 223 cm³/mol. The van der Waals surface area contributed by atoms with Crippen LogP contribution in [0.15, 0.2) is 164 Å². The minimum Gasteiger partial charge on any atom is -0.457 e. The second-order valence-electron chi connectivity index (χ2n) is 13.8. The van der Waals surface area contributed by atoms with E-state index in [9.17, 15) is 0 Å². The van der Waals surface area contributed by atoms with Gasteiger partial charge in [0, 0.05) is 70.1 Å². The smallest absolute Gasteiger partial charge is 0.159 e. The van der Waals surface area contributed by atoms with Gasteiger partial charge in [-0.25, -0.2) is 19.9 Å². The van der Waals surface area contributed by atoms with E-state index < -0.39 is 0 Å². The van der Waals surface area contributed by atoms with Crippen molar-refractivity contribution in [3.63, 3.8) is 0 Å². The molecule has 0 atom stereocenters. The summed E-state index contributed by atoms with van der Waals surface area (Å²) >= 11 is 0. The molecule has 0 fully saturated rings. The lowest BCUT2D eigenvalue weighted by Crippen LogP contribution is -1.99. The van der Waals surface area contributed by atoms with Crippen LogP contribution in [0.2, 0.25) is 0 Å². The normalized spacial score (nSPS) is 11.5. The van der Waals surface area contributed by atoms with Crippen LogP contribution in [0.4, 0.5) is 0 Å². The molecule has 0 amide bonds. The SMILES string of the molecule is CCCCc1ccnc(-n2c3ccccc3c3ccc(Oc4cc(Oc5ccc6c7ccccc7n(-c7ccccn7)c6c5)cc(-c5ncccn5)c4)cc32)c1. The lowest BCUT2D eigenvalue weighted by molar-refractivity contribution is 0.461. The number of nitrogens with zero attached hydrogens (tertiary/aromatic N) is 6. The molecule has 5 aromatic carbocycles. The van der Waals surface area contributed by atoms with Crippen molar-refractivity contribution in [2.75, 3.05) is 0 Å². The molecule has 0 spiro atoms. The van der Waals surface area contributed by atoms with Crippen LogP contribution < -0.4 is 9.47 Å². The number of hydrogen-bond donors (Lipinski definition) is 0. The molecule has 0 saturated heterocycles. The average Bonchev–Trinajstić information content (AvgIpc) is 3.75. The summed E-state index contributed by atoms with van der Waals surface area (Å²) in [5.74, 6) is 4.84. The van der Waals surface area contributed by atoms with Crippen LogP contribution in [-0.2, 0) is 6.42 Å². The molecular weight excluding hydrogens is 693 g/mol. The van der Waals surface area contributed by atoms with Crippen molar-refractivity contribution in [3.05, 3.63) is 170 Å². The first-order chi connectivity index (χ1) is 27.7. The Kier molecular flexibility index (Phi) is 8.41. The molecule has 5 aromatic heterocycles. The number of ether oxygens (including phenoxy) is 2. The Bertz CT molecular complexity index is 3030. The van der Waals surface area contributed by atoms with Gasteiger partial charge in [0.15, 0.2) is 5.82 Å². The summed E-state index contributed by atoms with van der Waals surface area (Å²) in [7, 11) is 0. The van der Waals surface area contributed by atoms with Crippen molar-refractivity contribution in [2.24, 2.45) is 0 Å². The first-order valence-corrected chi connectivity index (χ1v) is 18.9. The summed E-state index contributed by atoms with van der Waals surface area (Å²) < 4.78 is 17.8. The Labute approximate surface area is 323 Å². The van der Waals surface area contributed by atoms with Gasteiger partial charge in [0.25, 0.3) is 0 Å². The van der Waals surface area contributed by atoms with Crippen molar-refractivity contribution < 1.29 is 9.47 Å². The molecule has 10 rings (SSSR count). The van der Waals surface area contributed by atoms with Crippen molar-refractivity contribution in [1.82, 2.24) is 29.1 Å². The van der Waals surface area contributed by atoms with E-state index in [0.29, 0.717) is 28.8 Å². The van der Waals surface area contributed by atoms with Gasteiger partial charge in [0.05, 0.1) is 22.1 Å². The maximum atomic E-state index is 6.70. The zero-order valence-electron chi connectivity index (χ0n) is 30.7. The highest BCUT2D eigenvalue weighted by Gasteiger charge is 2.17. The standard InChI is InChI=1S/C48H36N6O2/c1-2-3-11-32-21-25-50-47(26-32)54-43-15-7-5-13-39(43)41-20-18-35(31-45(41)54)56-37-28-33(48-51-23-10-24-52-48)27-36(29-37)55-34-17-19-40-38-12-4-6-14-42(38)53(44(40)30-34)46-16-8-9-22-49-46/h4-10,12-31H,2-3,11H2,1H3. The van der Waals surface area contributed by atoms with E-state index in [1.807, 2.05) is 60.9 Å². The summed E-state index contributed by atoms with van der Waals surface area (Å²) in [6, 6.07) is 47.1. The fourth-order valence-electron chi connectivity index (χ4n) is 7.67. The summed E-state index contributed by atoms with van der Waals surface area (Å²) in [6.45, 7) is 2.22. The third kappa shape index (κ3) is 6.07. The first-order valence-electron chi connectivity index (χ1n) is 18.9. The lowest BCUT2D eigenvalue weighted by Gasteiger charge is -2.13. The number of fused-ring (bicyclic) bond motifs is 6. The molecule has 0 aliphatic rings. The molecule has 0 bridgehead atoms. The molecule has 10 aromatic rings. The van der Waals surface area contributed by atoms with Crippen molar-refractivity contribution >= 4 is 43.6 Å². The average molecular weight is 729 g/mol. The van der Waals surface area contributed by atoms with Crippen molar-refractivity contribution in [3.8, 4) is 46.0 Å². The van der Waals surface area contributed by atoms with Crippen molar-refractivity contribution in [1.29, 1.82) is 0 Å². The number of aryl methyl sites for hydroxylation is 1. The molecule has 8 heteroatoms. The summed E-state index contributed by atoms with van der Waals surface area (Å²) in [5.41, 5.74) is 6.23. The molecule has 0 radical (unpaired) electrons. The zero-order valence-corrected chi connectivity index (χ0v) is 30.7. The fourth-order valence-corrected chi connectivity index (χ4v) is 7.67. The van der Waals surface area contributed by atoms with E-state index in [2.05, 4.69) is 116 Å². The van der Waals surface area contributed by atoms with Crippen LogP contribution in [0.3, 0.4) is 0 Å². The number of unbranched alkanes of at least 4 members (excludes halogenated alkanes) is 1. The predicted octanol–water partition coefficient (Wildman–Crippen LogP) is 12.1. The molecule has 0 aliphatic heterocycles. The summed E-state index contributed by atoms with van der Waals surface area (Å²) in [4.78, 5) is 18.6. The van der Waals surface area contributed by atoms with Gasteiger partial charge < -0.3 is 9.47 Å². The number of para-hydroxylation sites is 2. The third-order valence-electron chi connectivity index (χ3n) is 10.2. The molecule has 270 valence electrons. The van der Waals surface area contributed by atoms with Gasteiger partial charge in [0.2, 0.25) is 0 Å². The van der Waals surface area contributed by atoms with Gasteiger partial charge >= 0.3 is 0 Å². The highest BCUT2D eigenvalue weighted by molar-refractivity contribution is 6.10. The second-order valence-corrected chi connectivity index (χ2v) is 13.8. The lowest BCUT2D eigenvalue weighted by atomic mass is 10.1. The number of rotatable bonds is 10. The Hall–Kier alpha value is -7.32. The molecule has 5 heterocycles. The van der Waals surface area contributed by atoms with E-state index in [0.717, 1.165) is 80.1 Å². The third-order valence-corrected chi connectivity index (χ3v) is 10.2.